The number of nitrogens with zero attached hydrogens (tertiary/aromatic N) is 4. The number of carbonyl (C=O) groups is 1. The van der Waals surface area contributed by atoms with Crippen LogP contribution in [-0.4, -0.2) is 64.9 Å². The Morgan fingerprint density at radius 2 is 1.89 bits per heavy atom. The molecule has 5 rings (SSSR count). The van der Waals surface area contributed by atoms with Crippen molar-refractivity contribution in [1.82, 2.24) is 19.8 Å². The van der Waals surface area contributed by atoms with Gasteiger partial charge >= 0.3 is 0 Å². The number of fused-ring (bicyclic) bond motifs is 4. The molecule has 2 aromatic rings. The summed E-state index contributed by atoms with van der Waals surface area (Å²) < 4.78 is 0. The minimum Gasteiger partial charge on any atom is -0.357 e. The molecule has 1 amide bonds. The highest BCUT2D eigenvalue weighted by atomic mass is 16.2. The number of piperidine rings is 1. The molecule has 0 saturated carbocycles. The van der Waals surface area contributed by atoms with E-state index in [2.05, 4.69) is 55.4 Å². The van der Waals surface area contributed by atoms with E-state index in [0.717, 1.165) is 45.4 Å². The van der Waals surface area contributed by atoms with Crippen molar-refractivity contribution in [2.45, 2.75) is 31.7 Å². The van der Waals surface area contributed by atoms with E-state index in [4.69, 9.17) is 0 Å². The van der Waals surface area contributed by atoms with Gasteiger partial charge < -0.3 is 15.1 Å². The lowest BCUT2D eigenvalue weighted by Crippen LogP contribution is -2.47. The van der Waals surface area contributed by atoms with Crippen molar-refractivity contribution in [3.63, 3.8) is 0 Å². The number of hydrogen-bond donors (Lipinski definition) is 1. The van der Waals surface area contributed by atoms with Crippen molar-refractivity contribution < 1.29 is 4.79 Å². The van der Waals surface area contributed by atoms with Gasteiger partial charge in [0.05, 0.1) is 5.56 Å². The second-order valence-electron chi connectivity index (χ2n) is 7.95. The fourth-order valence-corrected chi connectivity index (χ4v) is 4.50. The molecule has 2 bridgehead atoms. The molecule has 1 aromatic carbocycles. The quantitative estimate of drug-likeness (QED) is 0.836. The second-order valence-corrected chi connectivity index (χ2v) is 7.95. The molecule has 28 heavy (non-hydrogen) atoms. The van der Waals surface area contributed by atoms with Crippen LogP contribution in [0.25, 0.3) is 0 Å². The monoisotopic (exact) mass is 379 g/mol. The molecule has 148 valence electrons. The zero-order valence-corrected chi connectivity index (χ0v) is 16.6. The average molecular weight is 380 g/mol. The van der Waals surface area contributed by atoms with E-state index < -0.39 is 0 Å². The maximum atomic E-state index is 13.1. The van der Waals surface area contributed by atoms with E-state index in [1.165, 1.54) is 12.0 Å². The highest BCUT2D eigenvalue weighted by Crippen LogP contribution is 2.29. The zero-order valence-electron chi connectivity index (χ0n) is 16.6. The number of hydrogen-bond acceptors (Lipinski definition) is 5. The fraction of sp³-hybridized carbons (Fsp3) is 0.500. The van der Waals surface area contributed by atoms with Crippen LogP contribution < -0.4 is 5.32 Å². The van der Waals surface area contributed by atoms with Crippen molar-refractivity contribution in [2.75, 3.05) is 38.5 Å². The minimum absolute atomic E-state index is 0.0727. The minimum atomic E-state index is 0.0727. The van der Waals surface area contributed by atoms with Crippen LogP contribution in [0.5, 0.6) is 0 Å². The molecular formula is C22H29N5O. The number of benzene rings is 1. The number of nitrogens with one attached hydrogen (secondary N) is 1. The summed E-state index contributed by atoms with van der Waals surface area (Å²) >= 11 is 0. The highest BCUT2D eigenvalue weighted by Gasteiger charge is 2.37. The van der Waals surface area contributed by atoms with Gasteiger partial charge in [-0.1, -0.05) is 30.3 Å². The van der Waals surface area contributed by atoms with Gasteiger partial charge in [0.1, 0.15) is 0 Å². The SMILES string of the molecule is CNc1ncc(C(=O)N2C[C@H]3CC[C@@H]2CN(CCCc2ccccc2)C3)cn1. The molecule has 1 N–H and O–H groups in total. The van der Waals surface area contributed by atoms with Gasteiger partial charge in [-0.25, -0.2) is 9.97 Å². The molecule has 3 fully saturated rings. The Kier molecular flexibility index (Phi) is 5.86. The second kappa shape index (κ2) is 8.69. The largest absolute Gasteiger partial charge is 0.357 e. The van der Waals surface area contributed by atoms with Crippen molar-refractivity contribution in [1.29, 1.82) is 0 Å². The lowest BCUT2D eigenvalue weighted by atomic mass is 9.94. The van der Waals surface area contributed by atoms with Crippen molar-refractivity contribution >= 4 is 11.9 Å². The average Bonchev–Trinajstić information content (AvgIpc) is 3.05. The first kappa shape index (κ1) is 18.9. The summed E-state index contributed by atoms with van der Waals surface area (Å²) in [4.78, 5) is 26.1. The van der Waals surface area contributed by atoms with Gasteiger partial charge in [0, 0.05) is 45.1 Å². The first-order chi connectivity index (χ1) is 13.7. The molecule has 3 aliphatic heterocycles. The highest BCUT2D eigenvalue weighted by molar-refractivity contribution is 5.94. The van der Waals surface area contributed by atoms with E-state index in [9.17, 15) is 4.79 Å². The van der Waals surface area contributed by atoms with Crippen LogP contribution in [0.1, 0.15) is 35.2 Å². The van der Waals surface area contributed by atoms with Gasteiger partial charge in [0.15, 0.2) is 0 Å². The Bertz CT molecular complexity index is 779. The Morgan fingerprint density at radius 3 is 2.64 bits per heavy atom. The van der Waals surface area contributed by atoms with E-state index in [1.54, 1.807) is 19.4 Å². The number of anilines is 1. The molecule has 1 aromatic heterocycles. The standard InChI is InChI=1S/C22H29N5O/c1-23-22-24-12-19(13-25-22)21(28)27-15-18-9-10-20(27)16-26(14-18)11-5-8-17-6-3-2-4-7-17/h2-4,6-7,12-13,18,20H,5,8-11,14-16H2,1H3,(H,23,24,25)/t18-,20+/m0/s1. The first-order valence-electron chi connectivity index (χ1n) is 10.3. The molecule has 2 atom stereocenters. The third-order valence-corrected chi connectivity index (χ3v) is 5.96. The molecular weight excluding hydrogens is 350 g/mol. The molecule has 3 saturated heterocycles. The summed E-state index contributed by atoms with van der Waals surface area (Å²) in [6.07, 6.45) is 7.87. The fourth-order valence-electron chi connectivity index (χ4n) is 4.50. The zero-order chi connectivity index (χ0) is 19.3. The molecule has 6 nitrogen and oxygen atoms in total. The van der Waals surface area contributed by atoms with Crippen molar-refractivity contribution in [2.24, 2.45) is 5.92 Å². The third-order valence-electron chi connectivity index (χ3n) is 5.96. The molecule has 4 heterocycles. The van der Waals surface area contributed by atoms with Gasteiger partial charge in [-0.15, -0.1) is 0 Å². The van der Waals surface area contributed by atoms with Gasteiger partial charge in [0.25, 0.3) is 5.91 Å². The Labute approximate surface area is 167 Å². The predicted molar refractivity (Wildman–Crippen MR) is 110 cm³/mol. The normalized spacial score (nSPS) is 22.1. The van der Waals surface area contributed by atoms with Crippen LogP contribution in [0.4, 0.5) is 5.95 Å². The van der Waals surface area contributed by atoms with Gasteiger partial charge in [-0.3, -0.25) is 4.79 Å². The van der Waals surface area contributed by atoms with Crippen molar-refractivity contribution in [3.8, 4) is 0 Å². The Morgan fingerprint density at radius 1 is 1.11 bits per heavy atom. The van der Waals surface area contributed by atoms with E-state index in [1.807, 2.05) is 0 Å². The van der Waals surface area contributed by atoms with Crippen LogP contribution in [0, 0.1) is 5.92 Å². The Hall–Kier alpha value is -2.47. The first-order valence-corrected chi connectivity index (χ1v) is 10.3. The summed E-state index contributed by atoms with van der Waals surface area (Å²) in [6.45, 7) is 4.03. The van der Waals surface area contributed by atoms with Gasteiger partial charge in [0.2, 0.25) is 5.95 Å². The van der Waals surface area contributed by atoms with Crippen molar-refractivity contribution in [3.05, 3.63) is 53.9 Å². The van der Waals surface area contributed by atoms with Crippen LogP contribution in [0.2, 0.25) is 0 Å². The summed E-state index contributed by atoms with van der Waals surface area (Å²) in [6, 6.07) is 11.0. The molecule has 0 unspecified atom stereocenters. The van der Waals surface area contributed by atoms with E-state index >= 15 is 0 Å². The van der Waals surface area contributed by atoms with Crippen LogP contribution in [-0.2, 0) is 6.42 Å². The van der Waals surface area contributed by atoms with E-state index in [-0.39, 0.29) is 5.91 Å². The number of carbonyl (C=O) groups excluding carboxylic acids is 1. The lowest BCUT2D eigenvalue weighted by molar-refractivity contribution is 0.0584. The molecule has 6 heteroatoms. The van der Waals surface area contributed by atoms with Crippen LogP contribution >= 0.6 is 0 Å². The summed E-state index contributed by atoms with van der Waals surface area (Å²) in [7, 11) is 1.77. The Balaban J connectivity index is 1.36. The smallest absolute Gasteiger partial charge is 0.257 e. The number of aryl methyl sites for hydroxylation is 1. The number of amides is 1. The number of aromatic nitrogens is 2. The molecule has 0 radical (unpaired) electrons. The van der Waals surface area contributed by atoms with Crippen LogP contribution in [0.3, 0.4) is 0 Å². The summed E-state index contributed by atoms with van der Waals surface area (Å²) in [5.41, 5.74) is 1.99. The van der Waals surface area contributed by atoms with Gasteiger partial charge in [-0.05, 0) is 43.7 Å². The maximum Gasteiger partial charge on any atom is 0.257 e. The van der Waals surface area contributed by atoms with Crippen LogP contribution in [0.15, 0.2) is 42.7 Å². The molecule has 0 aliphatic carbocycles. The topological polar surface area (TPSA) is 61.4 Å². The summed E-state index contributed by atoms with van der Waals surface area (Å²) in [5, 5.41) is 2.89. The molecule has 0 spiro atoms. The molecule has 3 aliphatic rings. The lowest BCUT2D eigenvalue weighted by Gasteiger charge is -2.36. The van der Waals surface area contributed by atoms with Gasteiger partial charge in [-0.2, -0.15) is 0 Å². The predicted octanol–water partition coefficient (Wildman–Crippen LogP) is 2.69. The summed E-state index contributed by atoms with van der Waals surface area (Å²) in [5.74, 6) is 1.18. The third kappa shape index (κ3) is 4.33. The van der Waals surface area contributed by atoms with E-state index in [0.29, 0.717) is 23.5 Å². The maximum absolute atomic E-state index is 13.1. The number of rotatable bonds is 6.